The van der Waals surface area contributed by atoms with E-state index in [-0.39, 0.29) is 0 Å². The Balaban J connectivity index is 1.78. The van der Waals surface area contributed by atoms with Gasteiger partial charge < -0.3 is 5.32 Å². The molecular weight excluding hydrogens is 302 g/mol. The Kier molecular flexibility index (Phi) is 2.84. The molecule has 21 heavy (non-hydrogen) atoms. The van der Waals surface area contributed by atoms with E-state index in [2.05, 4.69) is 34.8 Å². The van der Waals surface area contributed by atoms with E-state index < -0.39 is 0 Å². The van der Waals surface area contributed by atoms with Crippen LogP contribution in [0.1, 0.15) is 40.0 Å². The van der Waals surface area contributed by atoms with Gasteiger partial charge in [-0.3, -0.25) is 0 Å². The molecule has 112 valence electrons. The monoisotopic (exact) mass is 321 g/mol. The van der Waals surface area contributed by atoms with Crippen molar-refractivity contribution < 1.29 is 0 Å². The zero-order valence-corrected chi connectivity index (χ0v) is 14.2. The molecule has 0 amide bonds. The van der Waals surface area contributed by atoms with Gasteiger partial charge in [0.25, 0.3) is 0 Å². The molecule has 0 saturated heterocycles. The van der Waals surface area contributed by atoms with Crippen LogP contribution in [0.5, 0.6) is 0 Å². The van der Waals surface area contributed by atoms with Gasteiger partial charge in [-0.15, -0.1) is 0 Å². The van der Waals surface area contributed by atoms with Gasteiger partial charge in [-0.1, -0.05) is 32.4 Å². The molecule has 3 atom stereocenters. The fraction of sp³-hybridized carbons (Fsp3) is 0.625. The SMILES string of the molecule is CC12CCC(C1)C(C)(C)C2Nc1c(Cl)ccc2nsnc12. The van der Waals surface area contributed by atoms with Gasteiger partial charge >= 0.3 is 0 Å². The first-order chi connectivity index (χ1) is 9.92. The molecule has 2 bridgehead atoms. The van der Waals surface area contributed by atoms with E-state index in [0.29, 0.717) is 16.9 Å². The van der Waals surface area contributed by atoms with Gasteiger partial charge in [-0.25, -0.2) is 0 Å². The lowest BCUT2D eigenvalue weighted by Crippen LogP contribution is -2.45. The Bertz CT molecular complexity index is 706. The molecule has 2 fully saturated rings. The highest BCUT2D eigenvalue weighted by Gasteiger charge is 2.59. The second-order valence-corrected chi connectivity index (χ2v) is 8.48. The van der Waals surface area contributed by atoms with Crippen LogP contribution in [-0.4, -0.2) is 14.8 Å². The average Bonchev–Trinajstić information content (AvgIpc) is 3.07. The normalized spacial score (nSPS) is 33.7. The number of rotatable bonds is 2. The zero-order chi connectivity index (χ0) is 14.8. The van der Waals surface area contributed by atoms with E-state index in [1.54, 1.807) is 0 Å². The van der Waals surface area contributed by atoms with Gasteiger partial charge in [0, 0.05) is 6.04 Å². The second kappa shape index (κ2) is 4.32. The molecule has 5 heteroatoms. The molecule has 1 N–H and O–H groups in total. The summed E-state index contributed by atoms with van der Waals surface area (Å²) in [5.41, 5.74) is 3.47. The van der Waals surface area contributed by atoms with E-state index in [4.69, 9.17) is 11.6 Å². The topological polar surface area (TPSA) is 37.8 Å². The lowest BCUT2D eigenvalue weighted by atomic mass is 9.68. The molecule has 2 aliphatic carbocycles. The lowest BCUT2D eigenvalue weighted by molar-refractivity contribution is 0.155. The maximum Gasteiger partial charge on any atom is 0.129 e. The second-order valence-electron chi connectivity index (χ2n) is 7.55. The molecule has 3 unspecified atom stereocenters. The standard InChI is InChI=1S/C16H20ClN3S/c1-15(2)9-6-7-16(3,8-9)14(15)18-12-10(17)4-5-11-13(12)20-21-19-11/h4-5,9,14,18H,6-8H2,1-3H3. The molecule has 2 aromatic rings. The van der Waals surface area contributed by atoms with Crippen molar-refractivity contribution in [3.8, 4) is 0 Å². The van der Waals surface area contributed by atoms with Crippen molar-refractivity contribution in [3.05, 3.63) is 17.2 Å². The van der Waals surface area contributed by atoms with Crippen LogP contribution in [-0.2, 0) is 0 Å². The van der Waals surface area contributed by atoms with E-state index in [9.17, 15) is 0 Å². The number of hydrogen-bond acceptors (Lipinski definition) is 4. The summed E-state index contributed by atoms with van der Waals surface area (Å²) in [6.45, 7) is 7.22. The number of aromatic nitrogens is 2. The number of halogens is 1. The highest BCUT2D eigenvalue weighted by atomic mass is 35.5. The number of nitrogens with one attached hydrogen (secondary N) is 1. The van der Waals surface area contributed by atoms with E-state index in [1.165, 1.54) is 31.0 Å². The largest absolute Gasteiger partial charge is 0.378 e. The van der Waals surface area contributed by atoms with Crippen LogP contribution < -0.4 is 5.32 Å². The predicted molar refractivity (Wildman–Crippen MR) is 89.1 cm³/mol. The predicted octanol–water partition coefficient (Wildman–Crippen LogP) is 4.97. The minimum absolute atomic E-state index is 0.294. The summed E-state index contributed by atoms with van der Waals surface area (Å²) in [7, 11) is 0. The first kappa shape index (κ1) is 13.8. The summed E-state index contributed by atoms with van der Waals surface area (Å²) >= 11 is 7.70. The van der Waals surface area contributed by atoms with E-state index in [0.717, 1.165) is 27.7 Å². The van der Waals surface area contributed by atoms with Crippen LogP contribution in [0, 0.1) is 16.7 Å². The quantitative estimate of drug-likeness (QED) is 0.848. The third kappa shape index (κ3) is 1.85. The third-order valence-corrected chi connectivity index (χ3v) is 6.79. The van der Waals surface area contributed by atoms with Crippen LogP contribution in [0.3, 0.4) is 0 Å². The van der Waals surface area contributed by atoms with Gasteiger partial charge in [0.05, 0.1) is 22.4 Å². The molecule has 1 heterocycles. The lowest BCUT2D eigenvalue weighted by Gasteiger charge is -2.43. The van der Waals surface area contributed by atoms with E-state index in [1.807, 2.05) is 12.1 Å². The summed E-state index contributed by atoms with van der Waals surface area (Å²) in [5, 5.41) is 4.52. The van der Waals surface area contributed by atoms with Crippen molar-refractivity contribution >= 4 is 40.0 Å². The summed E-state index contributed by atoms with van der Waals surface area (Å²) in [6.07, 6.45) is 3.99. The molecule has 0 aliphatic heterocycles. The molecular formula is C16H20ClN3S. The Morgan fingerprint density at radius 3 is 2.81 bits per heavy atom. The summed E-state index contributed by atoms with van der Waals surface area (Å²) in [6, 6.07) is 4.31. The molecule has 1 aromatic carbocycles. The van der Waals surface area contributed by atoms with Crippen molar-refractivity contribution in [2.24, 2.45) is 16.7 Å². The van der Waals surface area contributed by atoms with Crippen molar-refractivity contribution in [3.63, 3.8) is 0 Å². The fourth-order valence-electron chi connectivity index (χ4n) is 4.77. The van der Waals surface area contributed by atoms with E-state index >= 15 is 0 Å². The number of hydrogen-bond donors (Lipinski definition) is 1. The molecule has 3 nitrogen and oxygen atoms in total. The highest BCUT2D eigenvalue weighted by Crippen LogP contribution is 2.63. The van der Waals surface area contributed by atoms with Gasteiger partial charge in [0.1, 0.15) is 11.0 Å². The Morgan fingerprint density at radius 1 is 1.29 bits per heavy atom. The van der Waals surface area contributed by atoms with Gasteiger partial charge in [-0.2, -0.15) is 8.75 Å². The smallest absolute Gasteiger partial charge is 0.129 e. The average molecular weight is 322 g/mol. The minimum Gasteiger partial charge on any atom is -0.378 e. The number of nitrogens with zero attached hydrogens (tertiary/aromatic N) is 2. The Hall–Kier alpha value is -0.870. The van der Waals surface area contributed by atoms with Crippen molar-refractivity contribution in [1.29, 1.82) is 0 Å². The molecule has 1 aromatic heterocycles. The first-order valence-electron chi connectivity index (χ1n) is 7.59. The summed E-state index contributed by atoms with van der Waals surface area (Å²) in [5.74, 6) is 0.812. The van der Waals surface area contributed by atoms with Gasteiger partial charge in [-0.05, 0) is 48.1 Å². The number of benzene rings is 1. The summed E-state index contributed by atoms with van der Waals surface area (Å²) < 4.78 is 8.77. The number of anilines is 1. The van der Waals surface area contributed by atoms with Crippen molar-refractivity contribution in [1.82, 2.24) is 8.75 Å². The maximum absolute atomic E-state index is 6.45. The fourth-order valence-corrected chi connectivity index (χ4v) is 5.52. The third-order valence-electron chi connectivity index (χ3n) is 5.94. The van der Waals surface area contributed by atoms with Gasteiger partial charge in [0.15, 0.2) is 0 Å². The van der Waals surface area contributed by atoms with Crippen LogP contribution in [0.2, 0.25) is 5.02 Å². The van der Waals surface area contributed by atoms with Crippen molar-refractivity contribution in [2.45, 2.75) is 46.1 Å². The molecule has 2 aliphatic rings. The van der Waals surface area contributed by atoms with Crippen LogP contribution in [0.15, 0.2) is 12.1 Å². The molecule has 0 radical (unpaired) electrons. The minimum atomic E-state index is 0.294. The highest BCUT2D eigenvalue weighted by molar-refractivity contribution is 7.00. The van der Waals surface area contributed by atoms with Gasteiger partial charge in [0.2, 0.25) is 0 Å². The molecule has 2 saturated carbocycles. The number of fused-ring (bicyclic) bond motifs is 3. The van der Waals surface area contributed by atoms with Crippen LogP contribution in [0.4, 0.5) is 5.69 Å². The van der Waals surface area contributed by atoms with Crippen molar-refractivity contribution in [2.75, 3.05) is 5.32 Å². The maximum atomic E-state index is 6.45. The Morgan fingerprint density at radius 2 is 2.10 bits per heavy atom. The first-order valence-corrected chi connectivity index (χ1v) is 8.70. The molecule has 0 spiro atoms. The summed E-state index contributed by atoms with van der Waals surface area (Å²) in [4.78, 5) is 0. The molecule has 4 rings (SSSR count). The van der Waals surface area contributed by atoms with Crippen LogP contribution in [0.25, 0.3) is 11.0 Å². The Labute approximate surface area is 134 Å². The van der Waals surface area contributed by atoms with Crippen LogP contribution >= 0.6 is 23.3 Å². The zero-order valence-electron chi connectivity index (χ0n) is 12.6.